The van der Waals surface area contributed by atoms with Crippen molar-refractivity contribution < 1.29 is 8.42 Å². The van der Waals surface area contributed by atoms with E-state index in [1.54, 1.807) is 20.0 Å². The van der Waals surface area contributed by atoms with Crippen LogP contribution in [0.2, 0.25) is 0 Å². The molecule has 0 fully saturated rings. The number of fused-ring (bicyclic) bond motifs is 1. The van der Waals surface area contributed by atoms with Crippen molar-refractivity contribution in [2.45, 2.75) is 19.1 Å². The molecule has 1 N–H and O–H groups in total. The molecule has 0 aliphatic heterocycles. The van der Waals surface area contributed by atoms with E-state index in [9.17, 15) is 8.42 Å². The van der Waals surface area contributed by atoms with Crippen LogP contribution in [-0.4, -0.2) is 30.9 Å². The first-order valence-electron chi connectivity index (χ1n) is 6.40. The van der Waals surface area contributed by atoms with Crippen LogP contribution in [0.5, 0.6) is 0 Å². The molecule has 0 bridgehead atoms. The number of halogens is 1. The zero-order valence-electron chi connectivity index (χ0n) is 11.4. The average Bonchev–Trinajstić information content (AvgIpc) is 2.38. The summed E-state index contributed by atoms with van der Waals surface area (Å²) in [7, 11) is -3.02. The Labute approximate surface area is 127 Å². The van der Waals surface area contributed by atoms with Crippen molar-refractivity contribution >= 4 is 42.4 Å². The molecule has 0 spiro atoms. The predicted octanol–water partition coefficient (Wildman–Crippen LogP) is 3.23. The second-order valence-corrected chi connectivity index (χ2v) is 8.47. The van der Waals surface area contributed by atoms with Gasteiger partial charge in [0.25, 0.3) is 0 Å². The molecule has 0 aliphatic rings. The van der Waals surface area contributed by atoms with Gasteiger partial charge in [0.05, 0.1) is 22.2 Å². The maximum absolute atomic E-state index is 11.8. The summed E-state index contributed by atoms with van der Waals surface area (Å²) in [6, 6.07) is 7.79. The maximum Gasteiger partial charge on any atom is 0.154 e. The summed E-state index contributed by atoms with van der Waals surface area (Å²) in [6.45, 7) is 3.79. The average molecular weight is 357 g/mol. The van der Waals surface area contributed by atoms with E-state index in [1.165, 1.54) is 0 Å². The molecule has 2 rings (SSSR count). The van der Waals surface area contributed by atoms with E-state index in [0.29, 0.717) is 6.54 Å². The molecule has 0 amide bonds. The number of nitrogens with zero attached hydrogens (tertiary/aromatic N) is 1. The molecule has 108 valence electrons. The van der Waals surface area contributed by atoms with Gasteiger partial charge in [-0.25, -0.2) is 8.42 Å². The highest BCUT2D eigenvalue weighted by Crippen LogP contribution is 2.23. The Morgan fingerprint density at radius 1 is 1.35 bits per heavy atom. The molecule has 4 nitrogen and oxygen atoms in total. The number of rotatable bonds is 5. The lowest BCUT2D eigenvalue weighted by Crippen LogP contribution is -2.23. The Morgan fingerprint density at radius 2 is 2.10 bits per heavy atom. The second-order valence-electron chi connectivity index (χ2n) is 4.87. The van der Waals surface area contributed by atoms with Crippen LogP contribution >= 0.6 is 15.9 Å². The number of sulfone groups is 1. The molecule has 0 saturated heterocycles. The van der Waals surface area contributed by atoms with Crippen molar-refractivity contribution in [3.05, 3.63) is 34.9 Å². The lowest BCUT2D eigenvalue weighted by Gasteiger charge is -2.11. The van der Waals surface area contributed by atoms with E-state index in [1.807, 2.05) is 24.3 Å². The summed E-state index contributed by atoms with van der Waals surface area (Å²) < 4.78 is 24.5. The van der Waals surface area contributed by atoms with Crippen LogP contribution < -0.4 is 5.32 Å². The van der Waals surface area contributed by atoms with E-state index in [4.69, 9.17) is 0 Å². The Bertz CT molecular complexity index is 714. The molecule has 20 heavy (non-hydrogen) atoms. The van der Waals surface area contributed by atoms with E-state index in [0.717, 1.165) is 21.1 Å². The first-order chi connectivity index (χ1) is 9.40. The minimum atomic E-state index is -3.02. The van der Waals surface area contributed by atoms with E-state index in [-0.39, 0.29) is 11.0 Å². The van der Waals surface area contributed by atoms with Gasteiger partial charge >= 0.3 is 0 Å². The number of hydrogen-bond acceptors (Lipinski definition) is 4. The zero-order valence-corrected chi connectivity index (χ0v) is 13.8. The number of nitrogens with one attached hydrogen (secondary N) is 1. The molecule has 6 heteroatoms. The number of pyridine rings is 1. The Balaban J connectivity index is 2.15. The van der Waals surface area contributed by atoms with Crippen LogP contribution in [0.4, 0.5) is 5.69 Å². The molecule has 2 aromatic rings. The smallest absolute Gasteiger partial charge is 0.154 e. The Hall–Kier alpha value is -1.14. The van der Waals surface area contributed by atoms with Gasteiger partial charge in [0, 0.05) is 22.6 Å². The van der Waals surface area contributed by atoms with Gasteiger partial charge in [-0.3, -0.25) is 4.98 Å². The maximum atomic E-state index is 11.8. The third-order valence-electron chi connectivity index (χ3n) is 3.10. The van der Waals surface area contributed by atoms with Gasteiger partial charge in [-0.15, -0.1) is 0 Å². The number of anilines is 1. The minimum Gasteiger partial charge on any atom is -0.382 e. The molecule has 1 heterocycles. The number of hydrogen-bond donors (Lipinski definition) is 1. The van der Waals surface area contributed by atoms with Crippen molar-refractivity contribution in [3.8, 4) is 0 Å². The van der Waals surface area contributed by atoms with Crippen molar-refractivity contribution in [3.63, 3.8) is 0 Å². The van der Waals surface area contributed by atoms with E-state index >= 15 is 0 Å². The third-order valence-corrected chi connectivity index (χ3v) is 5.74. The fourth-order valence-electron chi connectivity index (χ4n) is 1.84. The van der Waals surface area contributed by atoms with Crippen LogP contribution in [0.3, 0.4) is 0 Å². The minimum absolute atomic E-state index is 0.123. The number of para-hydroxylation sites is 1. The molecule has 0 radical (unpaired) electrons. The van der Waals surface area contributed by atoms with Crippen molar-refractivity contribution in [2.24, 2.45) is 0 Å². The van der Waals surface area contributed by atoms with Gasteiger partial charge in [-0.2, -0.15) is 0 Å². The molecule has 1 aromatic carbocycles. The molecular formula is C14H17BrN2O2S. The standard InChI is InChI=1S/C14H17BrN2O2S/c1-10(2)20(18,19)7-6-16-13-5-3-4-11-8-12(15)9-17-14(11)13/h3-5,8-10,16H,6-7H2,1-2H3. The van der Waals surface area contributed by atoms with Crippen molar-refractivity contribution in [2.75, 3.05) is 17.6 Å². The quantitative estimate of drug-likeness (QED) is 0.893. The highest BCUT2D eigenvalue weighted by Gasteiger charge is 2.15. The third kappa shape index (κ3) is 3.49. The topological polar surface area (TPSA) is 59.1 Å². The van der Waals surface area contributed by atoms with Crippen LogP contribution in [0.1, 0.15) is 13.8 Å². The zero-order chi connectivity index (χ0) is 14.8. The Morgan fingerprint density at radius 3 is 2.80 bits per heavy atom. The summed E-state index contributed by atoms with van der Waals surface area (Å²) >= 11 is 3.39. The first kappa shape index (κ1) is 15.3. The van der Waals surface area contributed by atoms with Gasteiger partial charge in [-0.05, 0) is 41.9 Å². The predicted molar refractivity (Wildman–Crippen MR) is 86.9 cm³/mol. The number of benzene rings is 1. The lowest BCUT2D eigenvalue weighted by atomic mass is 10.2. The summed E-state index contributed by atoms with van der Waals surface area (Å²) in [5.41, 5.74) is 1.70. The first-order valence-corrected chi connectivity index (χ1v) is 8.91. The highest BCUT2D eigenvalue weighted by atomic mass is 79.9. The summed E-state index contributed by atoms with van der Waals surface area (Å²) in [4.78, 5) is 4.37. The fourth-order valence-corrected chi connectivity index (χ4v) is 3.05. The van der Waals surface area contributed by atoms with E-state index in [2.05, 4.69) is 26.2 Å². The van der Waals surface area contributed by atoms with Crippen LogP contribution in [0.25, 0.3) is 10.9 Å². The highest BCUT2D eigenvalue weighted by molar-refractivity contribution is 9.10. The fraction of sp³-hybridized carbons (Fsp3) is 0.357. The molecule has 0 unspecified atom stereocenters. The van der Waals surface area contributed by atoms with Crippen LogP contribution in [0.15, 0.2) is 34.9 Å². The van der Waals surface area contributed by atoms with Gasteiger partial charge in [0.1, 0.15) is 0 Å². The SMILES string of the molecule is CC(C)S(=O)(=O)CCNc1cccc2cc(Br)cnc12. The van der Waals surface area contributed by atoms with Crippen molar-refractivity contribution in [1.82, 2.24) is 4.98 Å². The lowest BCUT2D eigenvalue weighted by molar-refractivity contribution is 0.588. The summed E-state index contributed by atoms with van der Waals surface area (Å²) in [5.74, 6) is 0.123. The van der Waals surface area contributed by atoms with Crippen molar-refractivity contribution in [1.29, 1.82) is 0 Å². The van der Waals surface area contributed by atoms with Gasteiger partial charge < -0.3 is 5.32 Å². The summed E-state index contributed by atoms with van der Waals surface area (Å²) in [6.07, 6.45) is 1.73. The molecule has 0 atom stereocenters. The monoisotopic (exact) mass is 356 g/mol. The van der Waals surface area contributed by atoms with E-state index < -0.39 is 9.84 Å². The largest absolute Gasteiger partial charge is 0.382 e. The second kappa shape index (κ2) is 6.10. The molecule has 1 aromatic heterocycles. The molecular weight excluding hydrogens is 340 g/mol. The molecule has 0 saturated carbocycles. The van der Waals surface area contributed by atoms with Gasteiger partial charge in [0.15, 0.2) is 9.84 Å². The normalized spacial score (nSPS) is 12.0. The summed E-state index contributed by atoms with van der Waals surface area (Å²) in [5, 5.41) is 3.83. The van der Waals surface area contributed by atoms with Gasteiger partial charge in [-0.1, -0.05) is 12.1 Å². The van der Waals surface area contributed by atoms with Gasteiger partial charge in [0.2, 0.25) is 0 Å². The molecule has 0 aliphatic carbocycles. The van der Waals surface area contributed by atoms with Crippen LogP contribution in [0, 0.1) is 0 Å². The Kier molecular flexibility index (Phi) is 4.65. The van der Waals surface area contributed by atoms with Crippen LogP contribution in [-0.2, 0) is 9.84 Å². The number of aromatic nitrogens is 1.